The highest BCUT2D eigenvalue weighted by molar-refractivity contribution is 4.86. The van der Waals surface area contributed by atoms with Crippen LogP contribution in [0.2, 0.25) is 0 Å². The lowest BCUT2D eigenvalue weighted by atomic mass is 9.76. The molecule has 3 atom stereocenters. The van der Waals surface area contributed by atoms with Crippen LogP contribution >= 0.6 is 0 Å². The molecular weight excluding hydrogens is 244 g/mol. The minimum Gasteiger partial charge on any atom is -0.327 e. The number of hydrogen-bond acceptors (Lipinski definition) is 2. The summed E-state index contributed by atoms with van der Waals surface area (Å²) in [6, 6.07) is 0.464. The van der Waals surface area contributed by atoms with E-state index < -0.39 is 0 Å². The molecule has 1 saturated heterocycles. The lowest BCUT2D eigenvalue weighted by Gasteiger charge is -2.40. The number of piperidine rings is 1. The fraction of sp³-hybridized carbons (Fsp3) is 1.00. The van der Waals surface area contributed by atoms with Crippen molar-refractivity contribution in [1.29, 1.82) is 0 Å². The van der Waals surface area contributed by atoms with Gasteiger partial charge in [-0.15, -0.1) is 0 Å². The average Bonchev–Trinajstić information content (AvgIpc) is 2.43. The van der Waals surface area contributed by atoms with Gasteiger partial charge in [-0.2, -0.15) is 0 Å². The third kappa shape index (κ3) is 4.46. The second kappa shape index (κ2) is 7.79. The summed E-state index contributed by atoms with van der Waals surface area (Å²) in [5, 5.41) is 0. The Morgan fingerprint density at radius 2 is 1.80 bits per heavy atom. The Kier molecular flexibility index (Phi) is 6.35. The van der Waals surface area contributed by atoms with Crippen molar-refractivity contribution >= 4 is 0 Å². The molecule has 2 rings (SSSR count). The molecule has 1 saturated carbocycles. The molecule has 0 amide bonds. The van der Waals surface area contributed by atoms with E-state index in [0.717, 1.165) is 23.7 Å². The van der Waals surface area contributed by atoms with Gasteiger partial charge >= 0.3 is 0 Å². The summed E-state index contributed by atoms with van der Waals surface area (Å²) in [5.41, 5.74) is 6.40. The van der Waals surface area contributed by atoms with Crippen LogP contribution in [0.4, 0.5) is 0 Å². The van der Waals surface area contributed by atoms with Crippen molar-refractivity contribution in [3.8, 4) is 0 Å². The minimum absolute atomic E-state index is 0.464. The number of nitrogens with zero attached hydrogens (tertiary/aromatic N) is 1. The van der Waals surface area contributed by atoms with Gasteiger partial charge in [0.25, 0.3) is 0 Å². The Morgan fingerprint density at radius 3 is 2.40 bits per heavy atom. The molecule has 1 aliphatic heterocycles. The average molecular weight is 281 g/mol. The summed E-state index contributed by atoms with van der Waals surface area (Å²) in [6.45, 7) is 11.0. The maximum Gasteiger partial charge on any atom is 0.00795 e. The van der Waals surface area contributed by atoms with Crippen molar-refractivity contribution in [2.24, 2.45) is 29.4 Å². The van der Waals surface area contributed by atoms with Gasteiger partial charge in [-0.3, -0.25) is 0 Å². The third-order valence-electron chi connectivity index (χ3n) is 5.91. The number of rotatable bonds is 5. The molecule has 2 nitrogen and oxygen atoms in total. The van der Waals surface area contributed by atoms with Crippen molar-refractivity contribution in [2.75, 3.05) is 19.6 Å². The Morgan fingerprint density at radius 1 is 1.10 bits per heavy atom. The zero-order valence-corrected chi connectivity index (χ0v) is 14.0. The predicted molar refractivity (Wildman–Crippen MR) is 87.7 cm³/mol. The number of likely N-dealkylation sites (tertiary alicyclic amines) is 1. The standard InChI is InChI=1S/C18H36N2/c1-4-5-15-6-7-18(19)17(12-15)13-20-10-8-16(9-11-20)14(2)3/h14-18H,4-13,19H2,1-3H3. The molecule has 2 fully saturated rings. The smallest absolute Gasteiger partial charge is 0.00795 e. The van der Waals surface area contributed by atoms with Gasteiger partial charge in [0.05, 0.1) is 0 Å². The van der Waals surface area contributed by atoms with Crippen molar-refractivity contribution in [2.45, 2.75) is 71.8 Å². The largest absolute Gasteiger partial charge is 0.327 e. The highest BCUT2D eigenvalue weighted by atomic mass is 15.1. The maximum atomic E-state index is 6.40. The zero-order chi connectivity index (χ0) is 14.5. The SMILES string of the molecule is CCCC1CCC(N)C(CN2CCC(C(C)C)CC2)C1. The summed E-state index contributed by atoms with van der Waals surface area (Å²) in [7, 11) is 0. The summed E-state index contributed by atoms with van der Waals surface area (Å²) in [6.07, 6.45) is 9.58. The van der Waals surface area contributed by atoms with Gasteiger partial charge in [0.15, 0.2) is 0 Å². The Bertz CT molecular complexity index is 269. The van der Waals surface area contributed by atoms with E-state index in [1.165, 1.54) is 64.6 Å². The van der Waals surface area contributed by atoms with Gasteiger partial charge in [0.1, 0.15) is 0 Å². The van der Waals surface area contributed by atoms with Crippen LogP contribution in [0.1, 0.15) is 65.7 Å². The van der Waals surface area contributed by atoms with Crippen molar-refractivity contribution in [3.63, 3.8) is 0 Å². The van der Waals surface area contributed by atoms with Crippen molar-refractivity contribution in [1.82, 2.24) is 4.90 Å². The first kappa shape index (κ1) is 16.3. The fourth-order valence-electron chi connectivity index (χ4n) is 4.40. The van der Waals surface area contributed by atoms with E-state index in [-0.39, 0.29) is 0 Å². The summed E-state index contributed by atoms with van der Waals surface area (Å²) in [4.78, 5) is 2.71. The van der Waals surface area contributed by atoms with Crippen molar-refractivity contribution in [3.05, 3.63) is 0 Å². The topological polar surface area (TPSA) is 29.3 Å². The van der Waals surface area contributed by atoms with Crippen LogP contribution < -0.4 is 5.73 Å². The Labute approximate surface area is 126 Å². The van der Waals surface area contributed by atoms with E-state index in [2.05, 4.69) is 25.7 Å². The lowest BCUT2D eigenvalue weighted by molar-refractivity contribution is 0.108. The molecular formula is C18H36N2. The predicted octanol–water partition coefficient (Wildman–Crippen LogP) is 3.90. The lowest BCUT2D eigenvalue weighted by Crippen LogP contribution is -2.45. The summed E-state index contributed by atoms with van der Waals surface area (Å²) < 4.78 is 0. The van der Waals surface area contributed by atoms with Crippen molar-refractivity contribution < 1.29 is 0 Å². The molecule has 118 valence electrons. The number of hydrogen-bond donors (Lipinski definition) is 1. The Balaban J connectivity index is 1.77. The fourth-order valence-corrected chi connectivity index (χ4v) is 4.40. The van der Waals surface area contributed by atoms with Crippen LogP contribution in [0.25, 0.3) is 0 Å². The molecule has 2 heteroatoms. The summed E-state index contributed by atoms with van der Waals surface area (Å²) in [5.74, 6) is 3.54. The van der Waals surface area contributed by atoms with Crippen LogP contribution in [0.5, 0.6) is 0 Å². The van der Waals surface area contributed by atoms with E-state index in [1.54, 1.807) is 0 Å². The molecule has 1 heterocycles. The number of nitrogens with two attached hydrogens (primary N) is 1. The Hall–Kier alpha value is -0.0800. The van der Waals surface area contributed by atoms with Crippen LogP contribution in [0.3, 0.4) is 0 Å². The molecule has 0 radical (unpaired) electrons. The first-order valence-electron chi connectivity index (χ1n) is 9.08. The van der Waals surface area contributed by atoms with Crippen LogP contribution in [0, 0.1) is 23.7 Å². The molecule has 0 spiro atoms. The molecule has 0 aromatic rings. The molecule has 2 aliphatic rings. The van der Waals surface area contributed by atoms with Gasteiger partial charge in [0.2, 0.25) is 0 Å². The second-order valence-electron chi connectivity index (χ2n) is 7.77. The highest BCUT2D eigenvalue weighted by Crippen LogP contribution is 2.33. The first-order chi connectivity index (χ1) is 9.60. The highest BCUT2D eigenvalue weighted by Gasteiger charge is 2.30. The second-order valence-corrected chi connectivity index (χ2v) is 7.77. The van der Waals surface area contributed by atoms with Gasteiger partial charge in [-0.05, 0) is 68.9 Å². The molecule has 20 heavy (non-hydrogen) atoms. The molecule has 0 aromatic carbocycles. The van der Waals surface area contributed by atoms with E-state index in [4.69, 9.17) is 5.73 Å². The zero-order valence-electron chi connectivity index (χ0n) is 14.0. The minimum atomic E-state index is 0.464. The van der Waals surface area contributed by atoms with Crippen LogP contribution in [-0.4, -0.2) is 30.6 Å². The van der Waals surface area contributed by atoms with E-state index in [9.17, 15) is 0 Å². The maximum absolute atomic E-state index is 6.40. The third-order valence-corrected chi connectivity index (χ3v) is 5.91. The van der Waals surface area contributed by atoms with E-state index in [1.807, 2.05) is 0 Å². The molecule has 1 aliphatic carbocycles. The quantitative estimate of drug-likeness (QED) is 0.827. The molecule has 3 unspecified atom stereocenters. The van der Waals surface area contributed by atoms with Crippen LogP contribution in [0.15, 0.2) is 0 Å². The van der Waals surface area contributed by atoms with Gasteiger partial charge < -0.3 is 10.6 Å². The van der Waals surface area contributed by atoms with Crippen LogP contribution in [-0.2, 0) is 0 Å². The van der Waals surface area contributed by atoms with E-state index >= 15 is 0 Å². The van der Waals surface area contributed by atoms with Gasteiger partial charge in [-0.25, -0.2) is 0 Å². The normalized spacial score (nSPS) is 33.8. The van der Waals surface area contributed by atoms with E-state index in [0.29, 0.717) is 6.04 Å². The van der Waals surface area contributed by atoms with Gasteiger partial charge in [0, 0.05) is 12.6 Å². The van der Waals surface area contributed by atoms with Gasteiger partial charge in [-0.1, -0.05) is 33.6 Å². The monoisotopic (exact) mass is 280 g/mol. The molecule has 0 aromatic heterocycles. The molecule has 2 N–H and O–H groups in total. The first-order valence-corrected chi connectivity index (χ1v) is 9.08. The molecule has 0 bridgehead atoms. The summed E-state index contributed by atoms with van der Waals surface area (Å²) >= 11 is 0.